The molecule has 0 aromatic rings. The Bertz CT molecular complexity index is 496. The number of amides is 1. The first-order valence-corrected chi connectivity index (χ1v) is 10.1. The van der Waals surface area contributed by atoms with E-state index >= 15 is 0 Å². The third kappa shape index (κ3) is 4.64. The highest BCUT2D eigenvalue weighted by molar-refractivity contribution is 14.0. The second-order valence-corrected chi connectivity index (χ2v) is 7.56. The monoisotopic (exact) mass is 478 g/mol. The van der Waals surface area contributed by atoms with Gasteiger partial charge in [-0.3, -0.25) is 9.79 Å². The van der Waals surface area contributed by atoms with Crippen LogP contribution < -0.4 is 10.6 Å². The fourth-order valence-electron chi connectivity index (χ4n) is 4.52. The number of ether oxygens (including phenoxy) is 1. The zero-order valence-corrected chi connectivity index (χ0v) is 18.6. The van der Waals surface area contributed by atoms with Gasteiger partial charge in [-0.15, -0.1) is 24.0 Å². The third-order valence-corrected chi connectivity index (χ3v) is 6.12. The molecule has 2 aliphatic carbocycles. The van der Waals surface area contributed by atoms with Crippen molar-refractivity contribution >= 4 is 35.8 Å². The number of rotatable bonds is 8. The number of nitrogens with one attached hydrogen (secondary N) is 2. The predicted molar refractivity (Wildman–Crippen MR) is 115 cm³/mol. The largest absolute Gasteiger partial charge is 0.378 e. The van der Waals surface area contributed by atoms with Crippen molar-refractivity contribution in [3.63, 3.8) is 0 Å². The summed E-state index contributed by atoms with van der Waals surface area (Å²) in [6.07, 6.45) is 8.03. The molecule has 2 N–H and O–H groups in total. The molecule has 3 aliphatic rings. The van der Waals surface area contributed by atoms with Crippen LogP contribution in [0.25, 0.3) is 0 Å². The van der Waals surface area contributed by atoms with Crippen LogP contribution in [0.5, 0.6) is 0 Å². The first-order valence-electron chi connectivity index (χ1n) is 10.1. The second kappa shape index (κ2) is 10.1. The number of aliphatic imine (C=N–C) groups is 1. The van der Waals surface area contributed by atoms with Gasteiger partial charge in [0.2, 0.25) is 5.91 Å². The predicted octanol–water partition coefficient (Wildman–Crippen LogP) is 2.52. The number of guanidine groups is 1. The van der Waals surface area contributed by atoms with Crippen LogP contribution in [0.15, 0.2) is 4.99 Å². The number of carbonyl (C=O) groups is 1. The van der Waals surface area contributed by atoms with Crippen LogP contribution in [0.2, 0.25) is 0 Å². The van der Waals surface area contributed by atoms with Crippen molar-refractivity contribution in [2.24, 2.45) is 10.4 Å². The molecule has 0 bridgehead atoms. The Kier molecular flexibility index (Phi) is 8.44. The van der Waals surface area contributed by atoms with Crippen molar-refractivity contribution < 1.29 is 9.53 Å². The summed E-state index contributed by atoms with van der Waals surface area (Å²) in [6.45, 7) is 8.37. The fraction of sp³-hybridized carbons (Fsp3) is 0.895. The Balaban J connectivity index is 0.00000243. The number of hydrogen-bond donors (Lipinski definition) is 2. The molecule has 1 heterocycles. The Labute approximate surface area is 174 Å². The molecule has 2 atom stereocenters. The maximum absolute atomic E-state index is 11.6. The van der Waals surface area contributed by atoms with Gasteiger partial charge in [-0.2, -0.15) is 0 Å². The van der Waals surface area contributed by atoms with Gasteiger partial charge in [0.15, 0.2) is 5.96 Å². The normalized spacial score (nSPS) is 26.9. The molecule has 0 aromatic heterocycles. The minimum absolute atomic E-state index is 0. The van der Waals surface area contributed by atoms with Crippen LogP contribution in [-0.2, 0) is 9.53 Å². The van der Waals surface area contributed by atoms with Gasteiger partial charge in [-0.05, 0) is 46.0 Å². The van der Waals surface area contributed by atoms with E-state index in [1.807, 2.05) is 4.90 Å². The lowest BCUT2D eigenvalue weighted by molar-refractivity contribution is -0.168. The summed E-state index contributed by atoms with van der Waals surface area (Å²) in [5, 5.41) is 7.02. The summed E-state index contributed by atoms with van der Waals surface area (Å²) < 4.78 is 5.94. The molecule has 150 valence electrons. The van der Waals surface area contributed by atoms with Gasteiger partial charge >= 0.3 is 0 Å². The average Bonchev–Trinajstić information content (AvgIpc) is 2.94. The fourth-order valence-corrected chi connectivity index (χ4v) is 4.52. The molecular weight excluding hydrogens is 443 g/mol. The van der Waals surface area contributed by atoms with Gasteiger partial charge < -0.3 is 20.3 Å². The summed E-state index contributed by atoms with van der Waals surface area (Å²) in [5.41, 5.74) is 0.341. The van der Waals surface area contributed by atoms with E-state index in [0.29, 0.717) is 23.5 Å². The minimum Gasteiger partial charge on any atom is -0.378 e. The average molecular weight is 478 g/mol. The molecular formula is C19H35IN4O2. The molecule has 1 aliphatic heterocycles. The Morgan fingerprint density at radius 3 is 2.73 bits per heavy atom. The van der Waals surface area contributed by atoms with Crippen LogP contribution in [-0.4, -0.2) is 61.7 Å². The third-order valence-electron chi connectivity index (χ3n) is 6.12. The highest BCUT2D eigenvalue weighted by Gasteiger charge is 2.59. The van der Waals surface area contributed by atoms with Gasteiger partial charge in [0.1, 0.15) is 0 Å². The van der Waals surface area contributed by atoms with Crippen molar-refractivity contribution in [3.05, 3.63) is 0 Å². The van der Waals surface area contributed by atoms with Gasteiger partial charge in [-0.25, -0.2) is 0 Å². The summed E-state index contributed by atoms with van der Waals surface area (Å²) in [6, 6.07) is 0.482. The lowest BCUT2D eigenvalue weighted by Crippen LogP contribution is -2.68. The molecule has 3 rings (SSSR count). The first kappa shape index (κ1) is 21.7. The Hall–Kier alpha value is -0.570. The van der Waals surface area contributed by atoms with Gasteiger partial charge in [0.05, 0.1) is 6.10 Å². The van der Waals surface area contributed by atoms with Gasteiger partial charge in [0, 0.05) is 50.7 Å². The SMILES string of the molecule is CCNC(=NCCCN1CCCC1=O)NC1CC(OCC)C12CCC2.I. The Morgan fingerprint density at radius 1 is 1.35 bits per heavy atom. The van der Waals surface area contributed by atoms with E-state index in [9.17, 15) is 4.79 Å². The van der Waals surface area contributed by atoms with Crippen LogP contribution in [0.3, 0.4) is 0 Å². The summed E-state index contributed by atoms with van der Waals surface area (Å²) in [5.74, 6) is 1.22. The molecule has 3 fully saturated rings. The van der Waals surface area contributed by atoms with Crippen LogP contribution >= 0.6 is 24.0 Å². The van der Waals surface area contributed by atoms with Crippen molar-refractivity contribution in [3.8, 4) is 0 Å². The molecule has 2 unspecified atom stereocenters. The number of hydrogen-bond acceptors (Lipinski definition) is 3. The Morgan fingerprint density at radius 2 is 2.15 bits per heavy atom. The number of likely N-dealkylation sites (tertiary alicyclic amines) is 1. The minimum atomic E-state index is 0. The van der Waals surface area contributed by atoms with E-state index in [0.717, 1.165) is 64.4 Å². The highest BCUT2D eigenvalue weighted by atomic mass is 127. The van der Waals surface area contributed by atoms with Crippen molar-refractivity contribution in [2.75, 3.05) is 32.8 Å². The molecule has 2 saturated carbocycles. The topological polar surface area (TPSA) is 66.0 Å². The van der Waals surface area contributed by atoms with E-state index in [4.69, 9.17) is 9.73 Å². The number of carbonyl (C=O) groups excluding carboxylic acids is 1. The van der Waals surface area contributed by atoms with Crippen LogP contribution in [0.1, 0.15) is 58.8 Å². The van der Waals surface area contributed by atoms with E-state index < -0.39 is 0 Å². The molecule has 0 aromatic carbocycles. The molecule has 0 radical (unpaired) electrons. The maximum Gasteiger partial charge on any atom is 0.222 e. The summed E-state index contributed by atoms with van der Waals surface area (Å²) in [7, 11) is 0. The van der Waals surface area contributed by atoms with Crippen LogP contribution in [0.4, 0.5) is 0 Å². The standard InChI is InChI=1S/C19H34N4O2.HI/c1-3-20-18(21-11-7-13-23-12-5-8-17(23)24)22-15-14-16(25-4-2)19(15)9-6-10-19;/h15-16H,3-14H2,1-2H3,(H2,20,21,22);1H. The van der Waals surface area contributed by atoms with Gasteiger partial charge in [-0.1, -0.05) is 6.42 Å². The number of nitrogens with zero attached hydrogens (tertiary/aromatic N) is 2. The summed E-state index contributed by atoms with van der Waals surface area (Å²) >= 11 is 0. The summed E-state index contributed by atoms with van der Waals surface area (Å²) in [4.78, 5) is 18.3. The highest BCUT2D eigenvalue weighted by Crippen LogP contribution is 2.57. The van der Waals surface area contributed by atoms with E-state index in [-0.39, 0.29) is 24.0 Å². The molecule has 6 nitrogen and oxygen atoms in total. The zero-order chi connectivity index (χ0) is 17.7. The lowest BCUT2D eigenvalue weighted by Gasteiger charge is -2.61. The van der Waals surface area contributed by atoms with Crippen molar-refractivity contribution in [1.82, 2.24) is 15.5 Å². The quantitative estimate of drug-likeness (QED) is 0.244. The molecule has 26 heavy (non-hydrogen) atoms. The lowest BCUT2D eigenvalue weighted by atomic mass is 9.51. The van der Waals surface area contributed by atoms with E-state index in [2.05, 4.69) is 24.5 Å². The molecule has 1 amide bonds. The first-order chi connectivity index (χ1) is 12.2. The second-order valence-electron chi connectivity index (χ2n) is 7.56. The van der Waals surface area contributed by atoms with Crippen molar-refractivity contribution in [1.29, 1.82) is 0 Å². The molecule has 1 saturated heterocycles. The molecule has 7 heteroatoms. The molecule has 1 spiro atoms. The number of halogens is 1. The smallest absolute Gasteiger partial charge is 0.222 e. The zero-order valence-electron chi connectivity index (χ0n) is 16.3. The maximum atomic E-state index is 11.6. The van der Waals surface area contributed by atoms with Crippen LogP contribution in [0, 0.1) is 5.41 Å². The van der Waals surface area contributed by atoms with Gasteiger partial charge in [0.25, 0.3) is 0 Å². The van der Waals surface area contributed by atoms with Crippen molar-refractivity contribution in [2.45, 2.75) is 70.9 Å². The van der Waals surface area contributed by atoms with E-state index in [1.54, 1.807) is 0 Å². The van der Waals surface area contributed by atoms with E-state index in [1.165, 1.54) is 19.3 Å².